The second-order valence-electron chi connectivity index (χ2n) is 3.48. The average molecular weight is 234 g/mol. The summed E-state index contributed by atoms with van der Waals surface area (Å²) in [5.41, 5.74) is 3.56. The van der Waals surface area contributed by atoms with Gasteiger partial charge in [-0.3, -0.25) is 10.2 Å². The molecule has 0 radical (unpaired) electrons. The second kappa shape index (κ2) is 4.75. The fraction of sp³-hybridized carbons (Fsp3) is 0.0909. The van der Waals surface area contributed by atoms with Crippen LogP contribution >= 0.6 is 0 Å². The Morgan fingerprint density at radius 2 is 2.12 bits per heavy atom. The van der Waals surface area contributed by atoms with Crippen molar-refractivity contribution in [3.8, 4) is 11.3 Å². The molecule has 1 aromatic heterocycles. The van der Waals surface area contributed by atoms with Crippen molar-refractivity contribution >= 4 is 5.91 Å². The van der Waals surface area contributed by atoms with E-state index < -0.39 is 0 Å². The number of carbonyl (C=O) groups excluding carboxylic acids is 1. The van der Waals surface area contributed by atoms with E-state index in [1.165, 1.54) is 18.5 Å². The molecule has 3 N–H and O–H groups in total. The van der Waals surface area contributed by atoms with Gasteiger partial charge in [-0.15, -0.1) is 0 Å². The van der Waals surface area contributed by atoms with Crippen molar-refractivity contribution in [3.05, 3.63) is 42.6 Å². The van der Waals surface area contributed by atoms with Crippen molar-refractivity contribution < 1.29 is 9.18 Å². The molecule has 0 aliphatic heterocycles. The Hall–Kier alpha value is -2.21. The molecule has 0 spiro atoms. The van der Waals surface area contributed by atoms with E-state index in [9.17, 15) is 9.18 Å². The standard InChI is InChI=1S/C11H11FN4O/c12-9-3-1-8(2-4-9)10-5-14-7-16(10)6-11(17)15-13/h1-5,7H,6,13H2,(H,15,17). The monoisotopic (exact) mass is 234 g/mol. The van der Waals surface area contributed by atoms with Gasteiger partial charge in [0.1, 0.15) is 12.4 Å². The molecule has 1 heterocycles. The van der Waals surface area contributed by atoms with Gasteiger partial charge in [0.15, 0.2) is 0 Å². The van der Waals surface area contributed by atoms with Gasteiger partial charge in [0.2, 0.25) is 0 Å². The molecule has 0 saturated carbocycles. The molecule has 1 aromatic carbocycles. The van der Waals surface area contributed by atoms with Crippen LogP contribution in [0.15, 0.2) is 36.8 Å². The maximum atomic E-state index is 12.8. The highest BCUT2D eigenvalue weighted by atomic mass is 19.1. The van der Waals surface area contributed by atoms with Gasteiger partial charge >= 0.3 is 0 Å². The summed E-state index contributed by atoms with van der Waals surface area (Å²) in [6, 6.07) is 5.97. The zero-order valence-electron chi connectivity index (χ0n) is 8.93. The van der Waals surface area contributed by atoms with Crippen molar-refractivity contribution in [1.29, 1.82) is 0 Å². The van der Waals surface area contributed by atoms with Gasteiger partial charge in [0, 0.05) is 0 Å². The van der Waals surface area contributed by atoms with E-state index >= 15 is 0 Å². The highest BCUT2D eigenvalue weighted by Crippen LogP contribution is 2.18. The van der Waals surface area contributed by atoms with Crippen molar-refractivity contribution in [1.82, 2.24) is 15.0 Å². The maximum absolute atomic E-state index is 12.8. The Labute approximate surface area is 97.0 Å². The van der Waals surface area contributed by atoms with Crippen LogP contribution in [0.5, 0.6) is 0 Å². The van der Waals surface area contributed by atoms with Crippen molar-refractivity contribution in [2.24, 2.45) is 5.84 Å². The lowest BCUT2D eigenvalue weighted by Crippen LogP contribution is -2.33. The van der Waals surface area contributed by atoms with E-state index in [2.05, 4.69) is 4.98 Å². The molecule has 0 aliphatic carbocycles. The lowest BCUT2D eigenvalue weighted by atomic mass is 10.1. The van der Waals surface area contributed by atoms with Gasteiger partial charge in [0.25, 0.3) is 5.91 Å². The summed E-state index contributed by atoms with van der Waals surface area (Å²) < 4.78 is 14.4. The minimum Gasteiger partial charge on any atom is -0.321 e. The molecule has 0 fully saturated rings. The molecule has 0 bridgehead atoms. The molecule has 0 unspecified atom stereocenters. The summed E-state index contributed by atoms with van der Waals surface area (Å²) in [5, 5.41) is 0. The predicted octanol–water partition coefficient (Wildman–Crippen LogP) is 0.679. The zero-order chi connectivity index (χ0) is 12.3. The molecule has 0 aliphatic rings. The van der Waals surface area contributed by atoms with Crippen LogP contribution in [0.2, 0.25) is 0 Å². The molecular weight excluding hydrogens is 223 g/mol. The molecule has 0 atom stereocenters. The maximum Gasteiger partial charge on any atom is 0.253 e. The molecule has 17 heavy (non-hydrogen) atoms. The normalized spacial score (nSPS) is 10.2. The number of nitrogens with zero attached hydrogens (tertiary/aromatic N) is 2. The Morgan fingerprint density at radius 1 is 1.41 bits per heavy atom. The molecule has 2 rings (SSSR count). The molecule has 0 saturated heterocycles. The van der Waals surface area contributed by atoms with Gasteiger partial charge < -0.3 is 4.57 Å². The minimum atomic E-state index is -0.327. The number of benzene rings is 1. The van der Waals surface area contributed by atoms with E-state index in [1.54, 1.807) is 22.9 Å². The van der Waals surface area contributed by atoms with Crippen LogP contribution in [0.1, 0.15) is 0 Å². The van der Waals surface area contributed by atoms with Gasteiger partial charge in [-0.25, -0.2) is 15.2 Å². The van der Waals surface area contributed by atoms with Crippen LogP contribution in [0.4, 0.5) is 4.39 Å². The first-order chi connectivity index (χ1) is 8.20. The molecule has 2 aromatic rings. The lowest BCUT2D eigenvalue weighted by molar-refractivity contribution is -0.121. The van der Waals surface area contributed by atoms with Gasteiger partial charge in [-0.1, -0.05) is 0 Å². The van der Waals surface area contributed by atoms with Crippen LogP contribution in [0.25, 0.3) is 11.3 Å². The smallest absolute Gasteiger partial charge is 0.253 e. The molecule has 88 valence electrons. The number of hydrazine groups is 1. The second-order valence-corrected chi connectivity index (χ2v) is 3.48. The van der Waals surface area contributed by atoms with Crippen LogP contribution in [-0.4, -0.2) is 15.5 Å². The summed E-state index contributed by atoms with van der Waals surface area (Å²) in [4.78, 5) is 15.1. The molecule has 1 amide bonds. The van der Waals surface area contributed by atoms with E-state index in [4.69, 9.17) is 5.84 Å². The molecule has 5 nitrogen and oxygen atoms in total. The topological polar surface area (TPSA) is 72.9 Å². The predicted molar refractivity (Wildman–Crippen MR) is 60.0 cm³/mol. The number of halogens is 1. The summed E-state index contributed by atoms with van der Waals surface area (Å²) >= 11 is 0. The Bertz CT molecular complexity index is 521. The first-order valence-corrected chi connectivity index (χ1v) is 4.96. The average Bonchev–Trinajstić information content (AvgIpc) is 2.78. The van der Waals surface area contributed by atoms with Gasteiger partial charge in [-0.2, -0.15) is 0 Å². The number of hydrogen-bond acceptors (Lipinski definition) is 3. The number of amides is 1. The van der Waals surface area contributed by atoms with Crippen LogP contribution in [0, 0.1) is 5.82 Å². The summed E-state index contributed by atoms with van der Waals surface area (Å²) in [6.07, 6.45) is 3.13. The zero-order valence-corrected chi connectivity index (χ0v) is 8.93. The van der Waals surface area contributed by atoms with Crippen molar-refractivity contribution in [2.45, 2.75) is 6.54 Å². The van der Waals surface area contributed by atoms with Gasteiger partial charge in [-0.05, 0) is 29.8 Å². The summed E-state index contributed by atoms with van der Waals surface area (Å²) in [5.74, 6) is 4.38. The number of nitrogens with one attached hydrogen (secondary N) is 1. The van der Waals surface area contributed by atoms with Crippen molar-refractivity contribution in [2.75, 3.05) is 0 Å². The van der Waals surface area contributed by atoms with E-state index in [0.29, 0.717) is 0 Å². The fourth-order valence-corrected chi connectivity index (χ4v) is 1.51. The number of imidazole rings is 1. The third-order valence-corrected chi connectivity index (χ3v) is 2.33. The summed E-state index contributed by atoms with van der Waals surface area (Å²) in [6.45, 7) is 0.0726. The molecule has 6 heteroatoms. The molecular formula is C11H11FN4O. The Kier molecular flexibility index (Phi) is 3.15. The Morgan fingerprint density at radius 3 is 2.76 bits per heavy atom. The highest BCUT2D eigenvalue weighted by molar-refractivity contribution is 5.76. The first kappa shape index (κ1) is 11.3. The van der Waals surface area contributed by atoms with E-state index in [0.717, 1.165) is 11.3 Å². The van der Waals surface area contributed by atoms with Crippen LogP contribution < -0.4 is 11.3 Å². The number of carbonyl (C=O) groups is 1. The fourth-order valence-electron chi connectivity index (χ4n) is 1.51. The minimum absolute atomic E-state index is 0.0726. The van der Waals surface area contributed by atoms with Crippen LogP contribution in [-0.2, 0) is 11.3 Å². The highest BCUT2D eigenvalue weighted by Gasteiger charge is 2.08. The quantitative estimate of drug-likeness (QED) is 0.466. The lowest BCUT2D eigenvalue weighted by Gasteiger charge is -2.06. The first-order valence-electron chi connectivity index (χ1n) is 4.96. The van der Waals surface area contributed by atoms with Crippen LogP contribution in [0.3, 0.4) is 0 Å². The van der Waals surface area contributed by atoms with Gasteiger partial charge in [0.05, 0.1) is 18.2 Å². The number of aromatic nitrogens is 2. The largest absolute Gasteiger partial charge is 0.321 e. The van der Waals surface area contributed by atoms with E-state index in [1.807, 2.05) is 5.43 Å². The number of rotatable bonds is 3. The van der Waals surface area contributed by atoms with E-state index in [-0.39, 0.29) is 18.3 Å². The summed E-state index contributed by atoms with van der Waals surface area (Å²) in [7, 11) is 0. The van der Waals surface area contributed by atoms with Crippen molar-refractivity contribution in [3.63, 3.8) is 0 Å². The number of nitrogens with two attached hydrogens (primary N) is 1. The third kappa shape index (κ3) is 2.48. The Balaban J connectivity index is 2.30. The SMILES string of the molecule is NNC(=O)Cn1cncc1-c1ccc(F)cc1. The third-order valence-electron chi connectivity index (χ3n) is 2.33. The number of hydrogen-bond donors (Lipinski definition) is 2.